The Morgan fingerprint density at radius 1 is 0.852 bits per heavy atom. The van der Waals surface area contributed by atoms with Crippen molar-refractivity contribution in [1.29, 1.82) is 0 Å². The van der Waals surface area contributed by atoms with E-state index in [1.807, 2.05) is 0 Å². The van der Waals surface area contributed by atoms with Gasteiger partial charge in [0.15, 0.2) is 0 Å². The van der Waals surface area contributed by atoms with Crippen molar-refractivity contribution in [3.05, 3.63) is 64.7 Å². The van der Waals surface area contributed by atoms with Gasteiger partial charge in [0, 0.05) is 0 Å². The van der Waals surface area contributed by atoms with Gasteiger partial charge in [-0.15, -0.1) is 0 Å². The summed E-state index contributed by atoms with van der Waals surface area (Å²) in [7, 11) is 0. The normalized spacial score (nSPS) is 20.2. The zero-order valence-corrected chi connectivity index (χ0v) is 19.4. The summed E-state index contributed by atoms with van der Waals surface area (Å²) >= 11 is 0.422. The maximum absolute atomic E-state index is 6.20. The van der Waals surface area contributed by atoms with E-state index < -0.39 is 0 Å². The van der Waals surface area contributed by atoms with Crippen LogP contribution < -0.4 is 4.46 Å². The van der Waals surface area contributed by atoms with Crippen LogP contribution in [0.3, 0.4) is 0 Å². The van der Waals surface area contributed by atoms with Crippen LogP contribution in [0, 0.1) is 0 Å². The van der Waals surface area contributed by atoms with Crippen molar-refractivity contribution >= 4 is 19.4 Å². The molecule has 2 aromatic rings. The molecule has 0 bridgehead atoms. The minimum absolute atomic E-state index is 0.260. The number of ether oxygens (including phenoxy) is 1. The van der Waals surface area contributed by atoms with Gasteiger partial charge in [0.2, 0.25) is 0 Å². The second kappa shape index (κ2) is 8.95. The van der Waals surface area contributed by atoms with Crippen LogP contribution >= 0.6 is 0 Å². The first kappa shape index (κ1) is 20.6. The van der Waals surface area contributed by atoms with Crippen LogP contribution in [0.15, 0.2) is 42.5 Å². The van der Waals surface area contributed by atoms with Gasteiger partial charge in [-0.2, -0.15) is 0 Å². The first-order valence-corrected chi connectivity index (χ1v) is 12.2. The molecule has 2 atom stereocenters. The number of rotatable bonds is 6. The Labute approximate surface area is 172 Å². The predicted octanol–water partition coefficient (Wildman–Crippen LogP) is 6.34. The fourth-order valence-electron chi connectivity index (χ4n) is 3.82. The zero-order chi connectivity index (χ0) is 19.6. The van der Waals surface area contributed by atoms with Crippen molar-refractivity contribution in [3.8, 4) is 0 Å². The molecule has 0 unspecified atom stereocenters. The van der Waals surface area contributed by atoms with Crippen LogP contribution in [-0.2, 0) is 4.74 Å². The molecule has 1 fully saturated rings. The van der Waals surface area contributed by atoms with Gasteiger partial charge in [-0.1, -0.05) is 0 Å². The first-order chi connectivity index (χ1) is 12.9. The molecule has 27 heavy (non-hydrogen) atoms. The molecule has 0 aliphatic carbocycles. The van der Waals surface area contributed by atoms with Crippen molar-refractivity contribution in [1.82, 2.24) is 0 Å². The fraction of sp³-hybridized carbons (Fsp3) is 0.520. The van der Waals surface area contributed by atoms with Crippen LogP contribution in [0.1, 0.15) is 94.1 Å². The Bertz CT molecular complexity index is 719. The van der Waals surface area contributed by atoms with Crippen molar-refractivity contribution < 1.29 is 4.74 Å². The van der Waals surface area contributed by atoms with Gasteiger partial charge < -0.3 is 0 Å². The summed E-state index contributed by atoms with van der Waals surface area (Å²) in [4.78, 5) is 0.625. The van der Waals surface area contributed by atoms with Gasteiger partial charge in [-0.25, -0.2) is 0 Å². The zero-order valence-electron chi connectivity index (χ0n) is 17.7. The molecule has 0 radical (unpaired) electrons. The number of hydrogen-bond donors (Lipinski definition) is 0. The van der Waals surface area contributed by atoms with Crippen LogP contribution in [-0.4, -0.2) is 21.6 Å². The third kappa shape index (κ3) is 4.67. The summed E-state index contributed by atoms with van der Waals surface area (Å²) in [6.45, 7) is 14.9. The molecular weight excluding hydrogens is 395 g/mol. The summed E-state index contributed by atoms with van der Waals surface area (Å²) in [6, 6.07) is 15.8. The van der Waals surface area contributed by atoms with Crippen LogP contribution in [0.2, 0.25) is 4.82 Å². The summed E-state index contributed by atoms with van der Waals surface area (Å²) in [5, 5.41) is 0. The van der Waals surface area contributed by atoms with Gasteiger partial charge in [-0.3, -0.25) is 0 Å². The summed E-state index contributed by atoms with van der Waals surface area (Å²) < 4.78 is 7.85. The molecule has 2 heteroatoms. The average molecular weight is 430 g/mol. The van der Waals surface area contributed by atoms with Crippen LogP contribution in [0.25, 0.3) is 0 Å². The SMILES string of the molecule is CC(C)c1cc(C(C)C)c([Se][C@H]2CCO[C@@H]2c2ccccc2)c(C(C)C)c1. The standard InChI is InChI=1S/C25H34OSe/c1-16(2)20-14-21(17(3)4)25(22(15-20)18(5)6)27-23-12-13-26-24(23)19-10-8-7-9-11-19/h7-11,14-18,23-24H,12-13H2,1-6H3/t23-,24+/m0/s1. The fourth-order valence-corrected chi connectivity index (χ4v) is 7.47. The second-order valence-electron chi connectivity index (χ2n) is 8.64. The molecule has 0 N–H and O–H groups in total. The summed E-state index contributed by atoms with van der Waals surface area (Å²) in [5.74, 6) is 1.71. The monoisotopic (exact) mass is 430 g/mol. The molecule has 2 aromatic carbocycles. The molecule has 1 aliphatic heterocycles. The Balaban J connectivity index is 2.00. The quantitative estimate of drug-likeness (QED) is 0.487. The minimum atomic E-state index is 0.260. The van der Waals surface area contributed by atoms with E-state index in [1.165, 1.54) is 17.5 Å². The van der Waals surface area contributed by atoms with Gasteiger partial charge in [0.1, 0.15) is 0 Å². The molecule has 146 valence electrons. The molecule has 1 saturated heterocycles. The van der Waals surface area contributed by atoms with E-state index in [1.54, 1.807) is 15.6 Å². The molecular formula is C25H34OSe. The molecule has 3 rings (SSSR count). The molecule has 1 aliphatic rings. The van der Waals surface area contributed by atoms with Crippen molar-refractivity contribution in [2.24, 2.45) is 0 Å². The Morgan fingerprint density at radius 3 is 1.96 bits per heavy atom. The molecule has 0 amide bonds. The van der Waals surface area contributed by atoms with E-state index in [4.69, 9.17) is 4.74 Å². The van der Waals surface area contributed by atoms with Gasteiger partial charge >= 0.3 is 172 Å². The van der Waals surface area contributed by atoms with Crippen molar-refractivity contribution in [2.75, 3.05) is 6.61 Å². The van der Waals surface area contributed by atoms with Gasteiger partial charge in [-0.05, 0) is 0 Å². The Morgan fingerprint density at radius 2 is 1.44 bits per heavy atom. The topological polar surface area (TPSA) is 9.23 Å². The second-order valence-corrected chi connectivity index (χ2v) is 11.3. The van der Waals surface area contributed by atoms with E-state index in [9.17, 15) is 0 Å². The molecule has 1 heterocycles. The third-order valence-corrected chi connectivity index (χ3v) is 8.65. The van der Waals surface area contributed by atoms with Crippen molar-refractivity contribution in [2.45, 2.75) is 76.6 Å². The Kier molecular flexibility index (Phi) is 6.84. The van der Waals surface area contributed by atoms with Crippen LogP contribution in [0.5, 0.6) is 0 Å². The molecule has 1 nitrogen and oxygen atoms in total. The van der Waals surface area contributed by atoms with E-state index >= 15 is 0 Å². The first-order valence-electron chi connectivity index (χ1n) is 10.4. The molecule has 0 saturated carbocycles. The number of hydrogen-bond acceptors (Lipinski definition) is 1. The van der Waals surface area contributed by atoms with Crippen LogP contribution in [0.4, 0.5) is 0 Å². The predicted molar refractivity (Wildman–Crippen MR) is 118 cm³/mol. The summed E-state index contributed by atoms with van der Waals surface area (Å²) in [6.07, 6.45) is 1.44. The molecule has 0 spiro atoms. The number of benzene rings is 2. The summed E-state index contributed by atoms with van der Waals surface area (Å²) in [5.41, 5.74) is 5.98. The average Bonchev–Trinajstić information content (AvgIpc) is 3.10. The van der Waals surface area contributed by atoms with E-state index in [2.05, 4.69) is 84.0 Å². The van der Waals surface area contributed by atoms with Gasteiger partial charge in [0.25, 0.3) is 0 Å². The van der Waals surface area contributed by atoms with E-state index in [0.717, 1.165) is 6.61 Å². The maximum atomic E-state index is 6.20. The third-order valence-electron chi connectivity index (χ3n) is 5.51. The van der Waals surface area contributed by atoms with Gasteiger partial charge in [0.05, 0.1) is 0 Å². The van der Waals surface area contributed by atoms with E-state index in [-0.39, 0.29) is 6.10 Å². The Hall–Kier alpha value is -1.08. The molecule has 0 aromatic heterocycles. The van der Waals surface area contributed by atoms with Crippen molar-refractivity contribution in [3.63, 3.8) is 0 Å². The van der Waals surface area contributed by atoms with E-state index in [0.29, 0.717) is 37.5 Å².